The molecular formula is C11H26N4O4. The molecule has 0 aromatic carbocycles. The summed E-state index contributed by atoms with van der Waals surface area (Å²) in [5.74, 6) is -0.756. The van der Waals surface area contributed by atoms with E-state index in [1.54, 1.807) is 0 Å². The number of hydrogen-bond acceptors (Lipinski definition) is 7. The van der Waals surface area contributed by atoms with Gasteiger partial charge in [0.05, 0.1) is 6.61 Å². The predicted molar refractivity (Wildman–Crippen MR) is 71.6 cm³/mol. The third-order valence-corrected chi connectivity index (χ3v) is 2.33. The van der Waals surface area contributed by atoms with Crippen molar-refractivity contribution in [3.63, 3.8) is 0 Å². The molecule has 19 heavy (non-hydrogen) atoms. The van der Waals surface area contributed by atoms with Crippen molar-refractivity contribution in [2.75, 3.05) is 39.7 Å². The van der Waals surface area contributed by atoms with Crippen molar-refractivity contribution in [3.05, 3.63) is 0 Å². The maximum atomic E-state index is 10.2. The number of rotatable bonds is 15. The fraction of sp³-hybridized carbons (Fsp3) is 0.909. The summed E-state index contributed by atoms with van der Waals surface area (Å²) in [5.41, 5.74) is 0. The van der Waals surface area contributed by atoms with Crippen LogP contribution in [0.3, 0.4) is 0 Å². The van der Waals surface area contributed by atoms with E-state index in [1.807, 2.05) is 0 Å². The molecule has 8 nitrogen and oxygen atoms in total. The van der Waals surface area contributed by atoms with Crippen molar-refractivity contribution in [2.24, 2.45) is 0 Å². The molecule has 0 bridgehead atoms. The van der Waals surface area contributed by atoms with E-state index in [0.717, 1.165) is 19.4 Å². The van der Waals surface area contributed by atoms with Gasteiger partial charge >= 0.3 is 5.97 Å². The van der Waals surface area contributed by atoms with Gasteiger partial charge in [-0.3, -0.25) is 20.7 Å². The number of hydrogen-bond donors (Lipinski definition) is 6. The molecule has 0 spiro atoms. The van der Waals surface area contributed by atoms with Crippen LogP contribution in [0, 0.1) is 0 Å². The summed E-state index contributed by atoms with van der Waals surface area (Å²) in [6.07, 6.45) is 2.64. The quantitative estimate of drug-likeness (QED) is 0.101. The highest BCUT2D eigenvalue weighted by Gasteiger charge is 1.94. The van der Waals surface area contributed by atoms with Crippen LogP contribution in [0.15, 0.2) is 0 Å². The van der Waals surface area contributed by atoms with E-state index in [4.69, 9.17) is 10.4 Å². The van der Waals surface area contributed by atoms with Crippen LogP contribution in [-0.4, -0.2) is 56.0 Å². The Bertz CT molecular complexity index is 207. The molecule has 0 amide bonds. The Morgan fingerprint density at radius 2 is 1.47 bits per heavy atom. The number of carbonyl (C=O) groups is 1. The first-order valence-corrected chi connectivity index (χ1v) is 6.58. The van der Waals surface area contributed by atoms with Crippen LogP contribution in [-0.2, 0) is 9.68 Å². The lowest BCUT2D eigenvalue weighted by Gasteiger charge is -2.09. The van der Waals surface area contributed by atoms with Crippen LogP contribution < -0.4 is 21.3 Å². The van der Waals surface area contributed by atoms with Gasteiger partial charge in [-0.1, -0.05) is 0 Å². The molecule has 0 saturated heterocycles. The summed E-state index contributed by atoms with van der Waals surface area (Å²) in [4.78, 5) is 14.2. The van der Waals surface area contributed by atoms with Crippen LogP contribution >= 0.6 is 0 Å². The van der Waals surface area contributed by atoms with Crippen LogP contribution in [0.4, 0.5) is 0 Å². The molecule has 0 aliphatic rings. The minimum Gasteiger partial charge on any atom is -0.481 e. The minimum atomic E-state index is -0.756. The SMILES string of the molecule is O=C(O)CCCNCNCNCNCCCCOO. The van der Waals surface area contributed by atoms with E-state index in [9.17, 15) is 4.79 Å². The van der Waals surface area contributed by atoms with E-state index in [0.29, 0.717) is 39.6 Å². The summed E-state index contributed by atoms with van der Waals surface area (Å²) in [7, 11) is 0. The zero-order valence-electron chi connectivity index (χ0n) is 11.3. The first-order chi connectivity index (χ1) is 9.27. The Morgan fingerprint density at radius 1 is 0.895 bits per heavy atom. The second-order valence-electron chi connectivity index (χ2n) is 4.07. The van der Waals surface area contributed by atoms with E-state index in [-0.39, 0.29) is 6.42 Å². The second-order valence-corrected chi connectivity index (χ2v) is 4.07. The summed E-state index contributed by atoms with van der Waals surface area (Å²) in [6.45, 7) is 4.00. The van der Waals surface area contributed by atoms with Crippen LogP contribution in [0.1, 0.15) is 25.7 Å². The molecule has 0 aliphatic carbocycles. The van der Waals surface area contributed by atoms with Gasteiger partial charge in [0.25, 0.3) is 0 Å². The van der Waals surface area contributed by atoms with Crippen molar-refractivity contribution in [1.82, 2.24) is 21.3 Å². The third-order valence-electron chi connectivity index (χ3n) is 2.33. The molecule has 6 N–H and O–H groups in total. The number of unbranched alkanes of at least 4 members (excludes halogenated alkanes) is 1. The largest absolute Gasteiger partial charge is 0.481 e. The Labute approximate surface area is 113 Å². The van der Waals surface area contributed by atoms with E-state index in [2.05, 4.69) is 26.2 Å². The van der Waals surface area contributed by atoms with Crippen molar-refractivity contribution in [1.29, 1.82) is 0 Å². The fourth-order valence-corrected chi connectivity index (χ4v) is 1.35. The molecule has 0 aromatic heterocycles. The zero-order valence-corrected chi connectivity index (χ0v) is 11.3. The maximum absolute atomic E-state index is 10.2. The average molecular weight is 278 g/mol. The van der Waals surface area contributed by atoms with Crippen LogP contribution in [0.2, 0.25) is 0 Å². The Morgan fingerprint density at radius 3 is 2.05 bits per heavy atom. The van der Waals surface area contributed by atoms with Crippen molar-refractivity contribution >= 4 is 5.97 Å². The number of nitrogens with one attached hydrogen (secondary N) is 4. The first kappa shape index (κ1) is 18.2. The molecule has 8 heteroatoms. The molecule has 0 rings (SSSR count). The lowest BCUT2D eigenvalue weighted by atomic mass is 10.3. The van der Waals surface area contributed by atoms with Gasteiger partial charge in [0.15, 0.2) is 0 Å². The standard InChI is InChI=1S/C11H26N4O4/c16-11(17)4-3-6-13-9-15-10-14-8-12-5-1-2-7-19-18/h12-15,18H,1-10H2,(H,16,17). The van der Waals surface area contributed by atoms with Crippen LogP contribution in [0.5, 0.6) is 0 Å². The number of carboxylic acid groups (broad SMARTS) is 1. The highest BCUT2D eigenvalue weighted by Crippen LogP contribution is 1.85. The molecule has 0 radical (unpaired) electrons. The van der Waals surface area contributed by atoms with Crippen LogP contribution in [0.25, 0.3) is 0 Å². The highest BCUT2D eigenvalue weighted by atomic mass is 17.1. The Balaban J connectivity index is 2.93. The highest BCUT2D eigenvalue weighted by molar-refractivity contribution is 5.66. The van der Waals surface area contributed by atoms with Gasteiger partial charge < -0.3 is 15.7 Å². The lowest BCUT2D eigenvalue weighted by Crippen LogP contribution is -2.40. The third kappa shape index (κ3) is 17.2. The normalized spacial score (nSPS) is 10.8. The van der Waals surface area contributed by atoms with Gasteiger partial charge in [0.1, 0.15) is 0 Å². The van der Waals surface area contributed by atoms with Crippen molar-refractivity contribution in [2.45, 2.75) is 25.7 Å². The molecule has 0 saturated carbocycles. The molecule has 0 atom stereocenters. The average Bonchev–Trinajstić information content (AvgIpc) is 2.39. The van der Waals surface area contributed by atoms with Gasteiger partial charge in [0.2, 0.25) is 0 Å². The molecule has 0 aromatic rings. The number of aliphatic carboxylic acids is 1. The van der Waals surface area contributed by atoms with Crippen molar-refractivity contribution < 1.29 is 20.0 Å². The first-order valence-electron chi connectivity index (χ1n) is 6.58. The van der Waals surface area contributed by atoms with E-state index in [1.165, 1.54) is 0 Å². The lowest BCUT2D eigenvalue weighted by molar-refractivity contribution is -0.242. The summed E-state index contributed by atoms with van der Waals surface area (Å²) in [5, 5.41) is 29.1. The number of carboxylic acids is 1. The summed E-state index contributed by atoms with van der Waals surface area (Å²) >= 11 is 0. The minimum absolute atomic E-state index is 0.205. The van der Waals surface area contributed by atoms with E-state index >= 15 is 0 Å². The molecule has 0 unspecified atom stereocenters. The molecule has 0 heterocycles. The van der Waals surface area contributed by atoms with Crippen molar-refractivity contribution in [3.8, 4) is 0 Å². The Hall–Kier alpha value is -0.770. The monoisotopic (exact) mass is 278 g/mol. The smallest absolute Gasteiger partial charge is 0.303 e. The Kier molecular flexibility index (Phi) is 14.7. The van der Waals surface area contributed by atoms with E-state index < -0.39 is 5.97 Å². The maximum Gasteiger partial charge on any atom is 0.303 e. The summed E-state index contributed by atoms with van der Waals surface area (Å²) < 4.78 is 0. The fourth-order valence-electron chi connectivity index (χ4n) is 1.35. The van der Waals surface area contributed by atoms with Gasteiger partial charge in [0, 0.05) is 26.4 Å². The topological polar surface area (TPSA) is 115 Å². The second kappa shape index (κ2) is 15.3. The molecule has 0 aliphatic heterocycles. The zero-order chi connectivity index (χ0) is 14.2. The van der Waals surface area contributed by atoms with Gasteiger partial charge in [-0.15, -0.1) is 0 Å². The molecule has 0 fully saturated rings. The molecule has 114 valence electrons. The predicted octanol–water partition coefficient (Wildman–Crippen LogP) is -0.648. The summed E-state index contributed by atoms with van der Waals surface area (Å²) in [6, 6.07) is 0. The van der Waals surface area contributed by atoms with Gasteiger partial charge in [-0.25, -0.2) is 4.89 Å². The molecular weight excluding hydrogens is 252 g/mol. The van der Waals surface area contributed by atoms with Gasteiger partial charge in [-0.2, -0.15) is 0 Å². The van der Waals surface area contributed by atoms with Gasteiger partial charge in [-0.05, 0) is 32.4 Å².